The molecule has 0 N–H and O–H groups in total. The molecule has 0 saturated carbocycles. The highest BCUT2D eigenvalue weighted by Gasteiger charge is 2.17. The summed E-state index contributed by atoms with van der Waals surface area (Å²) in [5.74, 6) is 1.11. The van der Waals surface area contributed by atoms with E-state index in [0.717, 1.165) is 11.3 Å². The van der Waals surface area contributed by atoms with Crippen LogP contribution in [0.25, 0.3) is 27.9 Å². The van der Waals surface area contributed by atoms with Gasteiger partial charge in [-0.1, -0.05) is 18.2 Å². The zero-order valence-corrected chi connectivity index (χ0v) is 15.6. The average molecular weight is 384 g/mol. The van der Waals surface area contributed by atoms with Crippen LogP contribution in [-0.2, 0) is 6.54 Å². The molecule has 0 atom stereocenters. The molecule has 0 saturated heterocycles. The molecular formula is C21H16N6O2. The van der Waals surface area contributed by atoms with Gasteiger partial charge in [-0.05, 0) is 30.3 Å². The maximum absolute atomic E-state index is 13.4. The van der Waals surface area contributed by atoms with Crippen LogP contribution in [0.4, 0.5) is 0 Å². The minimum absolute atomic E-state index is 0.170. The molecule has 0 spiro atoms. The van der Waals surface area contributed by atoms with E-state index in [-0.39, 0.29) is 5.56 Å². The van der Waals surface area contributed by atoms with E-state index in [0.29, 0.717) is 34.7 Å². The fourth-order valence-electron chi connectivity index (χ4n) is 3.39. The van der Waals surface area contributed by atoms with Crippen LogP contribution < -0.4 is 10.3 Å². The van der Waals surface area contributed by atoms with Gasteiger partial charge in [-0.2, -0.15) is 14.6 Å². The lowest BCUT2D eigenvalue weighted by molar-refractivity contribution is 0.415. The van der Waals surface area contributed by atoms with E-state index in [1.165, 1.54) is 6.33 Å². The summed E-state index contributed by atoms with van der Waals surface area (Å²) in [6, 6.07) is 15.0. The van der Waals surface area contributed by atoms with Gasteiger partial charge < -0.3 is 9.30 Å². The first-order chi connectivity index (χ1) is 14.2. The minimum atomic E-state index is -0.170. The summed E-state index contributed by atoms with van der Waals surface area (Å²) < 4.78 is 8.57. The predicted octanol–water partition coefficient (Wildman–Crippen LogP) is 2.56. The Balaban J connectivity index is 1.81. The van der Waals surface area contributed by atoms with Crippen LogP contribution in [0.1, 0.15) is 5.69 Å². The Hall–Kier alpha value is -4.07. The Bertz CT molecular complexity index is 1390. The van der Waals surface area contributed by atoms with Gasteiger partial charge in [0.15, 0.2) is 0 Å². The van der Waals surface area contributed by atoms with Gasteiger partial charge in [0.1, 0.15) is 12.1 Å². The molecule has 0 amide bonds. The highest BCUT2D eigenvalue weighted by atomic mass is 16.5. The highest BCUT2D eigenvalue weighted by molar-refractivity contribution is 5.93. The Morgan fingerprint density at radius 3 is 2.83 bits per heavy atom. The molecular weight excluding hydrogens is 368 g/mol. The van der Waals surface area contributed by atoms with Gasteiger partial charge in [0.25, 0.3) is 11.3 Å². The molecule has 0 radical (unpaired) electrons. The fraction of sp³-hybridized carbons (Fsp3) is 0.0952. The van der Waals surface area contributed by atoms with Crippen molar-refractivity contribution in [3.63, 3.8) is 0 Å². The summed E-state index contributed by atoms with van der Waals surface area (Å²) in [5.41, 5.74) is 2.61. The quantitative estimate of drug-likeness (QED) is 0.473. The van der Waals surface area contributed by atoms with Crippen molar-refractivity contribution in [2.24, 2.45) is 0 Å². The number of hydrogen-bond donors (Lipinski definition) is 0. The lowest BCUT2D eigenvalue weighted by Crippen LogP contribution is -2.22. The van der Waals surface area contributed by atoms with Crippen molar-refractivity contribution in [2.75, 3.05) is 7.11 Å². The molecule has 0 aliphatic rings. The maximum atomic E-state index is 13.4. The van der Waals surface area contributed by atoms with E-state index in [1.807, 2.05) is 48.5 Å². The van der Waals surface area contributed by atoms with E-state index in [1.54, 1.807) is 28.6 Å². The molecule has 8 nitrogen and oxygen atoms in total. The van der Waals surface area contributed by atoms with Crippen LogP contribution in [0, 0.1) is 0 Å². The Kier molecular flexibility index (Phi) is 4.02. The van der Waals surface area contributed by atoms with Gasteiger partial charge in [-0.3, -0.25) is 9.78 Å². The first kappa shape index (κ1) is 17.1. The third-order valence-electron chi connectivity index (χ3n) is 4.74. The molecule has 5 aromatic rings. The van der Waals surface area contributed by atoms with E-state index in [9.17, 15) is 4.79 Å². The second kappa shape index (κ2) is 6.83. The van der Waals surface area contributed by atoms with E-state index < -0.39 is 0 Å². The topological polar surface area (TPSA) is 87.2 Å². The van der Waals surface area contributed by atoms with Gasteiger partial charge >= 0.3 is 0 Å². The number of rotatable bonds is 4. The lowest BCUT2D eigenvalue weighted by Gasteiger charge is -2.12. The van der Waals surface area contributed by atoms with Crippen molar-refractivity contribution in [1.82, 2.24) is 29.1 Å². The number of benzene rings is 1. The SMILES string of the molecule is COc1cccc(-c2c3c(=O)n(Cc4ccccn4)ccc3nc3ncnn23)c1. The zero-order chi connectivity index (χ0) is 19.8. The normalized spacial score (nSPS) is 11.2. The average Bonchev–Trinajstić information content (AvgIpc) is 3.23. The first-order valence-corrected chi connectivity index (χ1v) is 9.02. The number of hydrogen-bond acceptors (Lipinski definition) is 6. The van der Waals surface area contributed by atoms with Crippen molar-refractivity contribution in [3.8, 4) is 17.0 Å². The summed E-state index contributed by atoms with van der Waals surface area (Å²) in [6.07, 6.45) is 4.87. The van der Waals surface area contributed by atoms with Crippen LogP contribution in [0.2, 0.25) is 0 Å². The number of fused-ring (bicyclic) bond motifs is 2. The molecule has 142 valence electrons. The van der Waals surface area contributed by atoms with Crippen molar-refractivity contribution in [1.29, 1.82) is 0 Å². The smallest absolute Gasteiger partial charge is 0.262 e. The summed E-state index contributed by atoms with van der Waals surface area (Å²) in [5, 5.41) is 4.76. The van der Waals surface area contributed by atoms with Crippen molar-refractivity contribution in [3.05, 3.63) is 83.3 Å². The third-order valence-corrected chi connectivity index (χ3v) is 4.74. The molecule has 8 heteroatoms. The number of nitrogens with zero attached hydrogens (tertiary/aromatic N) is 6. The second-order valence-corrected chi connectivity index (χ2v) is 6.49. The molecule has 0 unspecified atom stereocenters. The van der Waals surface area contributed by atoms with Crippen LogP contribution in [0.15, 0.2) is 72.0 Å². The molecule has 4 aromatic heterocycles. The van der Waals surface area contributed by atoms with Crippen LogP contribution >= 0.6 is 0 Å². The van der Waals surface area contributed by atoms with Crippen LogP contribution in [0.5, 0.6) is 5.75 Å². The lowest BCUT2D eigenvalue weighted by atomic mass is 10.1. The van der Waals surface area contributed by atoms with E-state index >= 15 is 0 Å². The predicted molar refractivity (Wildman–Crippen MR) is 108 cm³/mol. The number of methoxy groups -OCH3 is 1. The third kappa shape index (κ3) is 2.91. The van der Waals surface area contributed by atoms with Gasteiger partial charge in [-0.25, -0.2) is 4.98 Å². The molecule has 0 aliphatic carbocycles. The van der Waals surface area contributed by atoms with Gasteiger partial charge in [0.2, 0.25) is 0 Å². The second-order valence-electron chi connectivity index (χ2n) is 6.49. The minimum Gasteiger partial charge on any atom is -0.497 e. The summed E-state index contributed by atoms with van der Waals surface area (Å²) >= 11 is 0. The molecule has 4 heterocycles. The van der Waals surface area contributed by atoms with Crippen molar-refractivity contribution >= 4 is 16.7 Å². The number of pyridine rings is 2. The largest absolute Gasteiger partial charge is 0.497 e. The van der Waals surface area contributed by atoms with Crippen LogP contribution in [-0.4, -0.2) is 36.2 Å². The molecule has 29 heavy (non-hydrogen) atoms. The molecule has 0 fully saturated rings. The monoisotopic (exact) mass is 384 g/mol. The van der Waals surface area contributed by atoms with Crippen molar-refractivity contribution in [2.45, 2.75) is 6.54 Å². The number of aromatic nitrogens is 6. The standard InChI is InChI=1S/C21H16N6O2/c1-29-16-7-4-5-14(11-16)19-18-17(25-21-23-13-24-27(19)21)8-10-26(20(18)28)12-15-6-2-3-9-22-15/h2-11,13H,12H2,1H3. The molecule has 1 aromatic carbocycles. The fourth-order valence-corrected chi connectivity index (χ4v) is 3.39. The van der Waals surface area contributed by atoms with Gasteiger partial charge in [0, 0.05) is 18.0 Å². The summed E-state index contributed by atoms with van der Waals surface area (Å²) in [7, 11) is 1.61. The zero-order valence-electron chi connectivity index (χ0n) is 15.6. The maximum Gasteiger partial charge on any atom is 0.262 e. The van der Waals surface area contributed by atoms with E-state index in [2.05, 4.69) is 20.1 Å². The number of ether oxygens (including phenoxy) is 1. The molecule has 0 aliphatic heterocycles. The first-order valence-electron chi connectivity index (χ1n) is 9.02. The Morgan fingerprint density at radius 1 is 1.07 bits per heavy atom. The highest BCUT2D eigenvalue weighted by Crippen LogP contribution is 2.28. The summed E-state index contributed by atoms with van der Waals surface area (Å²) in [4.78, 5) is 26.5. The van der Waals surface area contributed by atoms with Crippen molar-refractivity contribution < 1.29 is 4.74 Å². The Labute approximate surface area is 165 Å². The Morgan fingerprint density at radius 2 is 2.00 bits per heavy atom. The van der Waals surface area contributed by atoms with Gasteiger partial charge in [-0.15, -0.1) is 0 Å². The van der Waals surface area contributed by atoms with Gasteiger partial charge in [0.05, 0.1) is 35.9 Å². The molecule has 0 bridgehead atoms. The molecule has 5 rings (SSSR count). The van der Waals surface area contributed by atoms with Crippen LogP contribution in [0.3, 0.4) is 0 Å². The summed E-state index contributed by atoms with van der Waals surface area (Å²) in [6.45, 7) is 0.364. The van der Waals surface area contributed by atoms with E-state index in [4.69, 9.17) is 4.74 Å².